The molecule has 1 unspecified atom stereocenters. The van der Waals surface area contributed by atoms with Gasteiger partial charge in [0, 0.05) is 49.8 Å². The molecule has 33 heavy (non-hydrogen) atoms. The second-order valence-corrected chi connectivity index (χ2v) is 9.52. The van der Waals surface area contributed by atoms with Gasteiger partial charge in [0.1, 0.15) is 11.6 Å². The number of benzene rings is 1. The Kier molecular flexibility index (Phi) is 5.80. The third-order valence-corrected chi connectivity index (χ3v) is 7.04. The van der Waals surface area contributed by atoms with E-state index < -0.39 is 0 Å². The second-order valence-electron chi connectivity index (χ2n) is 9.52. The summed E-state index contributed by atoms with van der Waals surface area (Å²) in [6, 6.07) is 6.33. The molecule has 2 saturated heterocycles. The molecule has 176 valence electrons. The number of fused-ring (bicyclic) bond motifs is 1. The van der Waals surface area contributed by atoms with Crippen molar-refractivity contribution in [2.45, 2.75) is 32.1 Å². The lowest BCUT2D eigenvalue weighted by molar-refractivity contribution is 0.0853. The normalized spacial score (nSPS) is 25.8. The monoisotopic (exact) mass is 451 g/mol. The van der Waals surface area contributed by atoms with E-state index in [1.54, 1.807) is 13.3 Å². The molecule has 1 aromatic rings. The summed E-state index contributed by atoms with van der Waals surface area (Å²) in [5, 5.41) is 0. The summed E-state index contributed by atoms with van der Waals surface area (Å²) in [5.74, 6) is 2.22. The average Bonchev–Trinajstić information content (AvgIpc) is 3.27. The van der Waals surface area contributed by atoms with Crippen LogP contribution in [0.1, 0.15) is 37.7 Å². The van der Waals surface area contributed by atoms with Crippen molar-refractivity contribution in [2.24, 2.45) is 21.9 Å². The van der Waals surface area contributed by atoms with Crippen LogP contribution >= 0.6 is 0 Å². The van der Waals surface area contributed by atoms with E-state index in [1.807, 2.05) is 17.2 Å². The molecule has 4 aliphatic rings. The van der Waals surface area contributed by atoms with Crippen molar-refractivity contribution in [3.63, 3.8) is 0 Å². The first-order valence-corrected chi connectivity index (χ1v) is 11.6. The molecule has 8 heteroatoms. The Morgan fingerprint density at radius 2 is 2.00 bits per heavy atom. The van der Waals surface area contributed by atoms with Crippen molar-refractivity contribution in [3.8, 4) is 5.75 Å². The maximum absolute atomic E-state index is 6.76. The maximum Gasteiger partial charge on any atom is 0.205 e. The summed E-state index contributed by atoms with van der Waals surface area (Å²) in [6.45, 7) is 6.13. The van der Waals surface area contributed by atoms with Crippen LogP contribution in [-0.2, 0) is 9.47 Å². The molecule has 5 rings (SSSR count). The summed E-state index contributed by atoms with van der Waals surface area (Å²) < 4.78 is 17.0. The van der Waals surface area contributed by atoms with Crippen LogP contribution in [0.2, 0.25) is 0 Å². The van der Waals surface area contributed by atoms with Gasteiger partial charge in [-0.1, -0.05) is 13.0 Å². The van der Waals surface area contributed by atoms with Crippen molar-refractivity contribution in [3.05, 3.63) is 59.3 Å². The van der Waals surface area contributed by atoms with Crippen molar-refractivity contribution < 1.29 is 14.2 Å². The molecule has 4 N–H and O–H groups in total. The lowest BCUT2D eigenvalue weighted by atomic mass is 9.89. The number of hydrogen-bond donors (Lipinski definition) is 2. The highest BCUT2D eigenvalue weighted by Gasteiger charge is 2.36. The molecule has 1 atom stereocenters. The van der Waals surface area contributed by atoms with Crippen LogP contribution in [0.3, 0.4) is 0 Å². The third-order valence-electron chi connectivity index (χ3n) is 7.04. The van der Waals surface area contributed by atoms with Gasteiger partial charge in [0.25, 0.3) is 0 Å². The molecule has 0 aromatic heterocycles. The van der Waals surface area contributed by atoms with Crippen LogP contribution in [0, 0.1) is 5.41 Å². The van der Waals surface area contributed by atoms with E-state index in [4.69, 9.17) is 25.7 Å². The third kappa shape index (κ3) is 4.09. The van der Waals surface area contributed by atoms with Crippen molar-refractivity contribution in [1.29, 1.82) is 0 Å². The van der Waals surface area contributed by atoms with E-state index in [0.29, 0.717) is 17.7 Å². The number of hydrogen-bond acceptors (Lipinski definition) is 8. The summed E-state index contributed by atoms with van der Waals surface area (Å²) in [4.78, 5) is 8.44. The first kappa shape index (κ1) is 21.9. The first-order chi connectivity index (χ1) is 16.0. The van der Waals surface area contributed by atoms with E-state index in [2.05, 4.69) is 35.0 Å². The Morgan fingerprint density at radius 3 is 2.73 bits per heavy atom. The van der Waals surface area contributed by atoms with E-state index in [1.165, 1.54) is 5.56 Å². The number of nitrogens with two attached hydrogens (primary N) is 2. The van der Waals surface area contributed by atoms with Gasteiger partial charge in [-0.2, -0.15) is 0 Å². The molecule has 0 radical (unpaired) electrons. The standard InChI is InChI=1S/C25H33N5O3/c1-25(8-12-33-16-25)15-29-9-5-19-14-28-24(27)30(22(19)23(29)26)20-4-3-18(13-21(20)31-2)17-6-10-32-11-7-17/h3-5,9,13-14,17H,6-8,10-12,15-16,26H2,1-2H3,(H2,27,28). The molecule has 0 saturated carbocycles. The zero-order chi connectivity index (χ0) is 23.0. The Labute approximate surface area is 195 Å². The van der Waals surface area contributed by atoms with E-state index in [9.17, 15) is 0 Å². The first-order valence-electron chi connectivity index (χ1n) is 11.6. The van der Waals surface area contributed by atoms with Crippen LogP contribution in [0.25, 0.3) is 0 Å². The molecule has 0 amide bonds. The zero-order valence-electron chi connectivity index (χ0n) is 19.4. The van der Waals surface area contributed by atoms with E-state index in [-0.39, 0.29) is 5.41 Å². The van der Waals surface area contributed by atoms with Crippen LogP contribution in [0.15, 0.2) is 58.8 Å². The molecule has 4 heterocycles. The fourth-order valence-electron chi connectivity index (χ4n) is 5.06. The Morgan fingerprint density at radius 1 is 1.18 bits per heavy atom. The van der Waals surface area contributed by atoms with Crippen molar-refractivity contribution in [2.75, 3.05) is 45.0 Å². The quantitative estimate of drug-likeness (QED) is 0.710. The van der Waals surface area contributed by atoms with Gasteiger partial charge >= 0.3 is 0 Å². The van der Waals surface area contributed by atoms with Crippen LogP contribution in [0.4, 0.5) is 5.69 Å². The lowest BCUT2D eigenvalue weighted by Crippen LogP contribution is -2.45. The highest BCUT2D eigenvalue weighted by atomic mass is 16.5. The van der Waals surface area contributed by atoms with Crippen LogP contribution in [-0.4, -0.2) is 50.9 Å². The van der Waals surface area contributed by atoms with Gasteiger partial charge in [0.2, 0.25) is 5.96 Å². The number of nitrogens with zero attached hydrogens (tertiary/aromatic N) is 3. The van der Waals surface area contributed by atoms with Crippen molar-refractivity contribution >= 4 is 11.6 Å². The molecule has 0 bridgehead atoms. The number of aliphatic imine (C=N–C) groups is 1. The molecule has 2 fully saturated rings. The van der Waals surface area contributed by atoms with E-state index in [0.717, 1.165) is 74.9 Å². The highest BCUT2D eigenvalue weighted by Crippen LogP contribution is 2.41. The summed E-state index contributed by atoms with van der Waals surface area (Å²) >= 11 is 0. The predicted octanol–water partition coefficient (Wildman–Crippen LogP) is 2.99. The largest absolute Gasteiger partial charge is 0.495 e. The Hall–Kier alpha value is -2.97. The predicted molar refractivity (Wildman–Crippen MR) is 129 cm³/mol. The smallest absolute Gasteiger partial charge is 0.205 e. The summed E-state index contributed by atoms with van der Waals surface area (Å²) in [7, 11) is 1.69. The minimum Gasteiger partial charge on any atom is -0.495 e. The number of ether oxygens (including phenoxy) is 3. The molecule has 0 spiro atoms. The number of rotatable bonds is 5. The fraction of sp³-hybridized carbons (Fsp3) is 0.480. The van der Waals surface area contributed by atoms with Gasteiger partial charge in [0.05, 0.1) is 25.1 Å². The summed E-state index contributed by atoms with van der Waals surface area (Å²) in [6.07, 6.45) is 8.88. The fourth-order valence-corrected chi connectivity index (χ4v) is 5.06. The van der Waals surface area contributed by atoms with Crippen LogP contribution in [0.5, 0.6) is 5.75 Å². The molecule has 8 nitrogen and oxygen atoms in total. The van der Waals surface area contributed by atoms with Gasteiger partial charge in [-0.15, -0.1) is 0 Å². The SMILES string of the molecule is COc1cc(C2CCOCC2)ccc1N1C(N)=NC=C2C=CN(CC3(C)CCOC3)C(N)=C21. The number of methoxy groups -OCH3 is 1. The lowest BCUT2D eigenvalue weighted by Gasteiger charge is -2.38. The topological polar surface area (TPSA) is 98.6 Å². The van der Waals surface area contributed by atoms with Crippen molar-refractivity contribution in [1.82, 2.24) is 4.90 Å². The van der Waals surface area contributed by atoms with Gasteiger partial charge in [-0.25, -0.2) is 4.99 Å². The summed E-state index contributed by atoms with van der Waals surface area (Å²) in [5.41, 5.74) is 17.1. The highest BCUT2D eigenvalue weighted by molar-refractivity contribution is 6.02. The molecule has 0 aliphatic carbocycles. The van der Waals surface area contributed by atoms with E-state index >= 15 is 0 Å². The minimum absolute atomic E-state index is 0.0545. The molecule has 1 aromatic carbocycles. The number of allylic oxidation sites excluding steroid dienone is 1. The molecular formula is C25H33N5O3. The molecular weight excluding hydrogens is 418 g/mol. The van der Waals surface area contributed by atoms with Gasteiger partial charge in [-0.3, -0.25) is 4.90 Å². The number of guanidine groups is 1. The molecule has 4 aliphatic heterocycles. The number of anilines is 1. The maximum atomic E-state index is 6.76. The Bertz CT molecular complexity index is 1030. The van der Waals surface area contributed by atoms with Gasteiger partial charge in [0.15, 0.2) is 0 Å². The van der Waals surface area contributed by atoms with Gasteiger partial charge < -0.3 is 30.6 Å². The average molecular weight is 452 g/mol. The van der Waals surface area contributed by atoms with Crippen LogP contribution < -0.4 is 21.1 Å². The van der Waals surface area contributed by atoms with Gasteiger partial charge in [-0.05, 0) is 49.0 Å². The minimum atomic E-state index is 0.0545. The zero-order valence-corrected chi connectivity index (χ0v) is 19.4. The second kappa shape index (κ2) is 8.76. The Balaban J connectivity index is 1.51.